The van der Waals surface area contributed by atoms with Crippen LogP contribution in [0.15, 0.2) is 18.2 Å². The molecule has 0 bridgehead atoms. The van der Waals surface area contributed by atoms with Crippen LogP contribution in [0.1, 0.15) is 12.0 Å². The summed E-state index contributed by atoms with van der Waals surface area (Å²) in [5.74, 6) is 0.274. The van der Waals surface area contributed by atoms with Gasteiger partial charge in [-0.1, -0.05) is 12.1 Å². The number of halogens is 3. The van der Waals surface area contributed by atoms with E-state index in [1.165, 1.54) is 0 Å². The molecule has 2 N–H and O–H groups in total. The van der Waals surface area contributed by atoms with Crippen molar-refractivity contribution in [3.05, 3.63) is 23.8 Å². The summed E-state index contributed by atoms with van der Waals surface area (Å²) < 4.78 is 37.7. The van der Waals surface area contributed by atoms with E-state index in [0.29, 0.717) is 11.3 Å². The minimum absolute atomic E-state index is 0.274. The SMILES string of the molecule is Cc1ccc(-c2nnnn2CCC(F)(F)F)cc1N. The number of nitrogens with two attached hydrogens (primary N) is 1. The van der Waals surface area contributed by atoms with Gasteiger partial charge in [-0.15, -0.1) is 5.10 Å². The van der Waals surface area contributed by atoms with Crippen molar-refractivity contribution in [1.29, 1.82) is 0 Å². The summed E-state index contributed by atoms with van der Waals surface area (Å²) in [6.45, 7) is 1.52. The van der Waals surface area contributed by atoms with Crippen molar-refractivity contribution in [1.82, 2.24) is 20.2 Å². The second-order valence-corrected chi connectivity index (χ2v) is 4.16. The van der Waals surface area contributed by atoms with E-state index < -0.39 is 12.6 Å². The third kappa shape index (κ3) is 3.21. The molecule has 1 aromatic carbocycles. The molecule has 0 amide bonds. The molecule has 0 spiro atoms. The topological polar surface area (TPSA) is 69.6 Å². The van der Waals surface area contributed by atoms with Crippen molar-refractivity contribution in [2.24, 2.45) is 0 Å². The Morgan fingerprint density at radius 2 is 2.05 bits per heavy atom. The number of hydrogen-bond acceptors (Lipinski definition) is 4. The van der Waals surface area contributed by atoms with Gasteiger partial charge in [-0.2, -0.15) is 13.2 Å². The summed E-state index contributed by atoms with van der Waals surface area (Å²) in [6, 6.07) is 5.14. The Hall–Kier alpha value is -2.12. The molecule has 0 atom stereocenters. The number of tetrazole rings is 1. The van der Waals surface area contributed by atoms with Crippen molar-refractivity contribution in [2.45, 2.75) is 26.1 Å². The van der Waals surface area contributed by atoms with E-state index in [4.69, 9.17) is 5.73 Å². The molecule has 0 radical (unpaired) electrons. The molecule has 8 heteroatoms. The van der Waals surface area contributed by atoms with Crippen molar-refractivity contribution >= 4 is 5.69 Å². The van der Waals surface area contributed by atoms with Crippen LogP contribution in [0.2, 0.25) is 0 Å². The van der Waals surface area contributed by atoms with Crippen LogP contribution in [-0.2, 0) is 6.54 Å². The first-order valence-corrected chi connectivity index (χ1v) is 5.56. The summed E-state index contributed by atoms with van der Waals surface area (Å²) in [6.07, 6.45) is -5.22. The summed E-state index contributed by atoms with van der Waals surface area (Å²) >= 11 is 0. The van der Waals surface area contributed by atoms with Crippen LogP contribution >= 0.6 is 0 Å². The van der Waals surface area contributed by atoms with E-state index in [1.807, 2.05) is 6.92 Å². The van der Waals surface area contributed by atoms with Gasteiger partial charge in [0.15, 0.2) is 5.82 Å². The molecule has 0 aliphatic heterocycles. The fourth-order valence-corrected chi connectivity index (χ4v) is 1.57. The average Bonchev–Trinajstić information content (AvgIpc) is 2.77. The van der Waals surface area contributed by atoms with Crippen molar-refractivity contribution in [3.63, 3.8) is 0 Å². The van der Waals surface area contributed by atoms with E-state index in [0.717, 1.165) is 10.2 Å². The molecule has 19 heavy (non-hydrogen) atoms. The lowest BCUT2D eigenvalue weighted by molar-refractivity contribution is -0.137. The van der Waals surface area contributed by atoms with Gasteiger partial charge in [-0.25, -0.2) is 4.68 Å². The van der Waals surface area contributed by atoms with E-state index in [1.54, 1.807) is 18.2 Å². The molecule has 1 aromatic heterocycles. The quantitative estimate of drug-likeness (QED) is 0.869. The van der Waals surface area contributed by atoms with Crippen LogP contribution in [-0.4, -0.2) is 26.4 Å². The van der Waals surface area contributed by atoms with Gasteiger partial charge in [0, 0.05) is 11.3 Å². The molecule has 0 saturated carbocycles. The van der Waals surface area contributed by atoms with Gasteiger partial charge in [0.2, 0.25) is 0 Å². The minimum atomic E-state index is -4.24. The first kappa shape index (κ1) is 13.3. The lowest BCUT2D eigenvalue weighted by Gasteiger charge is -2.08. The lowest BCUT2D eigenvalue weighted by Crippen LogP contribution is -2.14. The highest BCUT2D eigenvalue weighted by Crippen LogP contribution is 2.24. The number of aromatic nitrogens is 4. The Kier molecular flexibility index (Phi) is 3.41. The number of alkyl halides is 3. The molecule has 0 aliphatic carbocycles. The third-order valence-corrected chi connectivity index (χ3v) is 2.68. The minimum Gasteiger partial charge on any atom is -0.398 e. The number of anilines is 1. The number of rotatable bonds is 3. The summed E-state index contributed by atoms with van der Waals surface area (Å²) in [5, 5.41) is 10.7. The molecule has 0 fully saturated rings. The van der Waals surface area contributed by atoms with Crippen LogP contribution in [0.4, 0.5) is 18.9 Å². The van der Waals surface area contributed by atoms with Gasteiger partial charge in [0.05, 0.1) is 13.0 Å². The number of benzene rings is 1. The molecule has 2 rings (SSSR count). The van der Waals surface area contributed by atoms with E-state index >= 15 is 0 Å². The smallest absolute Gasteiger partial charge is 0.390 e. The molecule has 0 saturated heterocycles. The maximum atomic E-state index is 12.2. The molecule has 0 aliphatic rings. The first-order chi connectivity index (χ1) is 8.87. The molecular formula is C11H12F3N5. The molecular weight excluding hydrogens is 259 g/mol. The molecule has 1 heterocycles. The van der Waals surface area contributed by atoms with Crippen LogP contribution < -0.4 is 5.73 Å². The van der Waals surface area contributed by atoms with Crippen molar-refractivity contribution in [2.75, 3.05) is 5.73 Å². The highest BCUT2D eigenvalue weighted by atomic mass is 19.4. The highest BCUT2D eigenvalue weighted by molar-refractivity contribution is 5.63. The average molecular weight is 271 g/mol. The first-order valence-electron chi connectivity index (χ1n) is 5.56. The fraction of sp³-hybridized carbons (Fsp3) is 0.364. The zero-order valence-electron chi connectivity index (χ0n) is 10.1. The molecule has 102 valence electrons. The lowest BCUT2D eigenvalue weighted by atomic mass is 10.1. The standard InChI is InChI=1S/C11H12F3N5/c1-7-2-3-8(6-9(7)15)10-16-17-18-19(10)5-4-11(12,13)14/h2-3,6H,4-5,15H2,1H3. The zero-order valence-corrected chi connectivity index (χ0v) is 10.1. The zero-order chi connectivity index (χ0) is 14.0. The van der Waals surface area contributed by atoms with Gasteiger partial charge in [-0.3, -0.25) is 0 Å². The highest BCUT2D eigenvalue weighted by Gasteiger charge is 2.27. The number of nitrogen functional groups attached to an aromatic ring is 1. The number of aryl methyl sites for hydroxylation is 2. The third-order valence-electron chi connectivity index (χ3n) is 2.68. The Morgan fingerprint density at radius 1 is 1.32 bits per heavy atom. The van der Waals surface area contributed by atoms with Gasteiger partial charge in [0.25, 0.3) is 0 Å². The Bertz CT molecular complexity index is 576. The van der Waals surface area contributed by atoms with Crippen LogP contribution in [0.25, 0.3) is 11.4 Å². The second-order valence-electron chi connectivity index (χ2n) is 4.16. The second kappa shape index (κ2) is 4.87. The van der Waals surface area contributed by atoms with Gasteiger partial charge in [0.1, 0.15) is 0 Å². The van der Waals surface area contributed by atoms with Crippen LogP contribution in [0.5, 0.6) is 0 Å². The predicted molar refractivity (Wildman–Crippen MR) is 63.1 cm³/mol. The fourth-order valence-electron chi connectivity index (χ4n) is 1.57. The molecule has 0 unspecified atom stereocenters. The predicted octanol–water partition coefficient (Wildman–Crippen LogP) is 2.18. The number of nitrogens with zero attached hydrogens (tertiary/aromatic N) is 4. The Balaban J connectivity index is 2.26. The van der Waals surface area contributed by atoms with E-state index in [2.05, 4.69) is 15.5 Å². The van der Waals surface area contributed by atoms with Crippen molar-refractivity contribution in [3.8, 4) is 11.4 Å². The van der Waals surface area contributed by atoms with Gasteiger partial charge < -0.3 is 5.73 Å². The van der Waals surface area contributed by atoms with Gasteiger partial charge in [-0.05, 0) is 29.0 Å². The van der Waals surface area contributed by atoms with Crippen LogP contribution in [0, 0.1) is 6.92 Å². The van der Waals surface area contributed by atoms with E-state index in [-0.39, 0.29) is 12.4 Å². The summed E-state index contributed by atoms with van der Waals surface area (Å²) in [4.78, 5) is 0. The summed E-state index contributed by atoms with van der Waals surface area (Å²) in [5.41, 5.74) is 7.79. The normalized spacial score (nSPS) is 11.8. The van der Waals surface area contributed by atoms with Gasteiger partial charge >= 0.3 is 6.18 Å². The van der Waals surface area contributed by atoms with E-state index in [9.17, 15) is 13.2 Å². The Labute approximate surface area is 107 Å². The van der Waals surface area contributed by atoms with Crippen molar-refractivity contribution < 1.29 is 13.2 Å². The Morgan fingerprint density at radius 3 is 2.68 bits per heavy atom. The molecule has 5 nitrogen and oxygen atoms in total. The molecule has 2 aromatic rings. The number of hydrogen-bond donors (Lipinski definition) is 1. The largest absolute Gasteiger partial charge is 0.398 e. The monoisotopic (exact) mass is 271 g/mol. The maximum absolute atomic E-state index is 12.2. The van der Waals surface area contributed by atoms with Crippen LogP contribution in [0.3, 0.4) is 0 Å². The summed E-state index contributed by atoms with van der Waals surface area (Å²) in [7, 11) is 0. The maximum Gasteiger partial charge on any atom is 0.390 e.